The van der Waals surface area contributed by atoms with E-state index in [1.54, 1.807) is 0 Å². The van der Waals surface area contributed by atoms with E-state index in [1.165, 1.54) is 17.3 Å². The average Bonchev–Trinajstić information content (AvgIpc) is 3.13. The fraction of sp³-hybridized carbons (Fsp3) is 0.350. The molecule has 136 valence electrons. The van der Waals surface area contributed by atoms with Crippen molar-refractivity contribution in [3.63, 3.8) is 0 Å². The molecule has 2 aromatic heterocycles. The van der Waals surface area contributed by atoms with Gasteiger partial charge in [0.05, 0.1) is 5.75 Å². The van der Waals surface area contributed by atoms with Gasteiger partial charge in [0.2, 0.25) is 0 Å². The molecule has 0 aliphatic carbocycles. The lowest BCUT2D eigenvalue weighted by Gasteiger charge is -2.06. The standard InChI is InChI=1S/C20H24N4OS/c1-5-24-14(2)11-17(15(24)3)18(25)13-26-20-22-21-19(23(20)4)12-16-9-7-6-8-10-16/h6-11H,5,12-13H2,1-4H3. The first-order chi connectivity index (χ1) is 12.5. The first kappa shape index (κ1) is 18.5. The van der Waals surface area contributed by atoms with Crippen molar-refractivity contribution < 1.29 is 4.79 Å². The van der Waals surface area contributed by atoms with Crippen LogP contribution in [0.1, 0.15) is 40.1 Å². The molecule has 5 nitrogen and oxygen atoms in total. The summed E-state index contributed by atoms with van der Waals surface area (Å²) < 4.78 is 4.14. The third kappa shape index (κ3) is 3.75. The first-order valence-electron chi connectivity index (χ1n) is 8.76. The Bertz CT molecular complexity index is 912. The number of hydrogen-bond acceptors (Lipinski definition) is 4. The smallest absolute Gasteiger partial charge is 0.191 e. The van der Waals surface area contributed by atoms with Crippen LogP contribution < -0.4 is 0 Å². The molecule has 0 amide bonds. The number of ketones is 1. The van der Waals surface area contributed by atoms with Crippen LogP contribution in [-0.2, 0) is 20.0 Å². The number of Topliss-reactive ketones (excluding diaryl/α,β-unsaturated/α-hetero) is 1. The molecule has 0 saturated heterocycles. The minimum absolute atomic E-state index is 0.135. The molecular formula is C20H24N4OS. The maximum atomic E-state index is 12.6. The topological polar surface area (TPSA) is 52.7 Å². The summed E-state index contributed by atoms with van der Waals surface area (Å²) >= 11 is 1.44. The number of carbonyl (C=O) groups is 1. The Labute approximate surface area is 158 Å². The van der Waals surface area contributed by atoms with Crippen molar-refractivity contribution in [1.29, 1.82) is 0 Å². The second-order valence-corrected chi connectivity index (χ2v) is 7.30. The highest BCUT2D eigenvalue weighted by molar-refractivity contribution is 7.99. The molecule has 0 radical (unpaired) electrons. The second kappa shape index (κ2) is 7.91. The lowest BCUT2D eigenvalue weighted by Crippen LogP contribution is -2.07. The molecule has 0 N–H and O–H groups in total. The summed E-state index contributed by atoms with van der Waals surface area (Å²) in [7, 11) is 1.95. The Kier molecular flexibility index (Phi) is 5.61. The van der Waals surface area contributed by atoms with Crippen LogP contribution >= 0.6 is 11.8 Å². The monoisotopic (exact) mass is 368 g/mol. The van der Waals surface area contributed by atoms with Gasteiger partial charge in [-0.25, -0.2) is 0 Å². The van der Waals surface area contributed by atoms with Crippen molar-refractivity contribution >= 4 is 17.5 Å². The lowest BCUT2D eigenvalue weighted by molar-refractivity contribution is 0.102. The Hall–Kier alpha value is -2.34. The molecule has 26 heavy (non-hydrogen) atoms. The van der Waals surface area contributed by atoms with Crippen LogP contribution in [0.3, 0.4) is 0 Å². The maximum absolute atomic E-state index is 12.6. The van der Waals surface area contributed by atoms with E-state index < -0.39 is 0 Å². The van der Waals surface area contributed by atoms with Gasteiger partial charge in [-0.15, -0.1) is 10.2 Å². The highest BCUT2D eigenvalue weighted by Crippen LogP contribution is 2.21. The molecular weight excluding hydrogens is 344 g/mol. The van der Waals surface area contributed by atoms with Gasteiger partial charge in [0, 0.05) is 37.0 Å². The minimum Gasteiger partial charge on any atom is -0.349 e. The largest absolute Gasteiger partial charge is 0.349 e. The van der Waals surface area contributed by atoms with Gasteiger partial charge in [0.1, 0.15) is 5.82 Å². The fourth-order valence-electron chi connectivity index (χ4n) is 3.18. The highest BCUT2D eigenvalue weighted by atomic mass is 32.2. The lowest BCUT2D eigenvalue weighted by atomic mass is 10.1. The molecule has 0 bridgehead atoms. The van der Waals surface area contributed by atoms with Gasteiger partial charge in [-0.1, -0.05) is 42.1 Å². The van der Waals surface area contributed by atoms with Gasteiger partial charge in [0.25, 0.3) is 0 Å². The zero-order chi connectivity index (χ0) is 18.7. The third-order valence-corrected chi connectivity index (χ3v) is 5.67. The number of rotatable bonds is 7. The van der Waals surface area contributed by atoms with Crippen LogP contribution in [0.15, 0.2) is 41.6 Å². The SMILES string of the molecule is CCn1c(C)cc(C(=O)CSc2nnc(Cc3ccccc3)n2C)c1C. The molecule has 0 spiro atoms. The summed E-state index contributed by atoms with van der Waals surface area (Å²) in [4.78, 5) is 12.6. The Morgan fingerprint density at radius 2 is 1.88 bits per heavy atom. The number of benzene rings is 1. The summed E-state index contributed by atoms with van der Waals surface area (Å²) in [5, 5.41) is 9.32. The summed E-state index contributed by atoms with van der Waals surface area (Å²) in [5.74, 6) is 1.40. The predicted octanol–water partition coefficient (Wildman–Crippen LogP) is 3.82. The van der Waals surface area contributed by atoms with E-state index in [9.17, 15) is 4.79 Å². The number of aryl methyl sites for hydroxylation is 1. The molecule has 0 aliphatic heterocycles. The van der Waals surface area contributed by atoms with Gasteiger partial charge in [0.15, 0.2) is 10.9 Å². The maximum Gasteiger partial charge on any atom is 0.191 e. The van der Waals surface area contributed by atoms with Crippen LogP contribution in [0.5, 0.6) is 0 Å². The van der Waals surface area contributed by atoms with Crippen molar-refractivity contribution in [2.75, 3.05) is 5.75 Å². The van der Waals surface area contributed by atoms with E-state index in [4.69, 9.17) is 0 Å². The van der Waals surface area contributed by atoms with Crippen molar-refractivity contribution in [2.45, 2.75) is 38.9 Å². The Morgan fingerprint density at radius 3 is 2.54 bits per heavy atom. The van der Waals surface area contributed by atoms with Crippen LogP contribution in [0.25, 0.3) is 0 Å². The molecule has 1 aromatic carbocycles. The number of nitrogens with zero attached hydrogens (tertiary/aromatic N) is 4. The Morgan fingerprint density at radius 1 is 1.15 bits per heavy atom. The van der Waals surface area contributed by atoms with Crippen molar-refractivity contribution in [2.24, 2.45) is 7.05 Å². The van der Waals surface area contributed by atoms with Crippen molar-refractivity contribution in [3.05, 3.63) is 64.7 Å². The van der Waals surface area contributed by atoms with Crippen LogP contribution in [0.4, 0.5) is 0 Å². The predicted molar refractivity (Wildman–Crippen MR) is 105 cm³/mol. The number of aromatic nitrogens is 4. The number of thioether (sulfide) groups is 1. The van der Waals surface area contributed by atoms with Crippen LogP contribution in [0.2, 0.25) is 0 Å². The van der Waals surface area contributed by atoms with E-state index in [2.05, 4.69) is 33.8 Å². The molecule has 2 heterocycles. The zero-order valence-corrected chi connectivity index (χ0v) is 16.5. The highest BCUT2D eigenvalue weighted by Gasteiger charge is 2.17. The molecule has 0 atom stereocenters. The van der Waals surface area contributed by atoms with Gasteiger partial charge >= 0.3 is 0 Å². The van der Waals surface area contributed by atoms with Crippen LogP contribution in [-0.4, -0.2) is 30.9 Å². The van der Waals surface area contributed by atoms with Gasteiger partial charge < -0.3 is 9.13 Å². The van der Waals surface area contributed by atoms with E-state index in [-0.39, 0.29) is 5.78 Å². The third-order valence-electron chi connectivity index (χ3n) is 4.65. The van der Waals surface area contributed by atoms with E-state index in [0.29, 0.717) is 5.75 Å². The van der Waals surface area contributed by atoms with Crippen molar-refractivity contribution in [3.8, 4) is 0 Å². The average molecular weight is 369 g/mol. The molecule has 0 unspecified atom stereocenters. The quantitative estimate of drug-likeness (QED) is 0.470. The molecule has 6 heteroatoms. The summed E-state index contributed by atoms with van der Waals surface area (Å²) in [6, 6.07) is 12.2. The second-order valence-electron chi connectivity index (χ2n) is 6.36. The normalized spacial score (nSPS) is 11.1. The number of carbonyl (C=O) groups excluding carboxylic acids is 1. The van der Waals surface area contributed by atoms with E-state index in [1.807, 2.05) is 49.7 Å². The molecule has 0 saturated carbocycles. The van der Waals surface area contributed by atoms with Gasteiger partial charge in [-0.2, -0.15) is 0 Å². The molecule has 0 fully saturated rings. The minimum atomic E-state index is 0.135. The van der Waals surface area contributed by atoms with Crippen molar-refractivity contribution in [1.82, 2.24) is 19.3 Å². The van der Waals surface area contributed by atoms with E-state index in [0.717, 1.165) is 40.9 Å². The molecule has 0 aliphatic rings. The Balaban J connectivity index is 1.68. The first-order valence-corrected chi connectivity index (χ1v) is 9.74. The fourth-order valence-corrected chi connectivity index (χ4v) is 3.99. The van der Waals surface area contributed by atoms with Gasteiger partial charge in [-0.3, -0.25) is 4.79 Å². The van der Waals surface area contributed by atoms with Gasteiger partial charge in [-0.05, 0) is 32.4 Å². The summed E-state index contributed by atoms with van der Waals surface area (Å²) in [6.45, 7) is 7.02. The molecule has 3 aromatic rings. The van der Waals surface area contributed by atoms with E-state index >= 15 is 0 Å². The zero-order valence-electron chi connectivity index (χ0n) is 15.7. The summed E-state index contributed by atoms with van der Waals surface area (Å²) in [5.41, 5.74) is 4.17. The molecule has 3 rings (SSSR count). The van der Waals surface area contributed by atoms with Crippen LogP contribution in [0, 0.1) is 13.8 Å². The summed E-state index contributed by atoms with van der Waals surface area (Å²) in [6.07, 6.45) is 0.733. The number of hydrogen-bond donors (Lipinski definition) is 0.